The van der Waals surface area contributed by atoms with Crippen LogP contribution in [0.1, 0.15) is 41.6 Å². The molecule has 2 saturated heterocycles. The molecule has 0 radical (unpaired) electrons. The van der Waals surface area contributed by atoms with Crippen molar-refractivity contribution in [1.82, 2.24) is 5.32 Å². The van der Waals surface area contributed by atoms with Crippen LogP contribution in [-0.4, -0.2) is 17.9 Å². The molecule has 2 bridgehead atoms. The van der Waals surface area contributed by atoms with Crippen LogP contribution in [-0.2, 0) is 6.18 Å². The Hall–Kier alpha value is -1.36. The number of ketones is 1. The molecule has 1 aromatic carbocycles. The number of alkyl halides is 3. The Morgan fingerprint density at radius 2 is 1.80 bits per heavy atom. The SMILES string of the molecule is O=C(c1cccc(C(F)(F)F)c1)C1CC2CCC(C1)N2. The summed E-state index contributed by atoms with van der Waals surface area (Å²) in [4.78, 5) is 12.4. The number of hydrogen-bond acceptors (Lipinski definition) is 2. The summed E-state index contributed by atoms with van der Waals surface area (Å²) in [7, 11) is 0. The molecule has 2 aliphatic heterocycles. The van der Waals surface area contributed by atoms with E-state index < -0.39 is 11.7 Å². The van der Waals surface area contributed by atoms with E-state index in [4.69, 9.17) is 0 Å². The highest BCUT2D eigenvalue weighted by molar-refractivity contribution is 5.98. The number of benzene rings is 1. The van der Waals surface area contributed by atoms with Crippen molar-refractivity contribution in [3.63, 3.8) is 0 Å². The van der Waals surface area contributed by atoms with E-state index in [2.05, 4.69) is 5.32 Å². The highest BCUT2D eigenvalue weighted by Crippen LogP contribution is 2.34. The first-order valence-corrected chi connectivity index (χ1v) is 6.91. The van der Waals surface area contributed by atoms with Gasteiger partial charge < -0.3 is 5.32 Å². The number of nitrogens with one attached hydrogen (secondary N) is 1. The molecule has 5 heteroatoms. The van der Waals surface area contributed by atoms with Gasteiger partial charge in [-0.3, -0.25) is 4.79 Å². The summed E-state index contributed by atoms with van der Waals surface area (Å²) in [6, 6.07) is 5.49. The molecular formula is C15H16F3NO. The summed E-state index contributed by atoms with van der Waals surface area (Å²) in [6.45, 7) is 0. The molecule has 2 atom stereocenters. The van der Waals surface area contributed by atoms with Crippen LogP contribution < -0.4 is 5.32 Å². The van der Waals surface area contributed by atoms with Crippen molar-refractivity contribution in [3.05, 3.63) is 35.4 Å². The van der Waals surface area contributed by atoms with Crippen LogP contribution in [0.15, 0.2) is 24.3 Å². The van der Waals surface area contributed by atoms with Crippen LogP contribution in [0, 0.1) is 5.92 Å². The number of carbonyl (C=O) groups excluding carboxylic acids is 1. The van der Waals surface area contributed by atoms with E-state index in [1.54, 1.807) is 0 Å². The van der Waals surface area contributed by atoms with Crippen molar-refractivity contribution in [2.75, 3.05) is 0 Å². The molecule has 0 aliphatic carbocycles. The third-order valence-electron chi connectivity index (χ3n) is 4.32. The Labute approximate surface area is 115 Å². The molecule has 108 valence electrons. The summed E-state index contributed by atoms with van der Waals surface area (Å²) >= 11 is 0. The number of hydrogen-bond donors (Lipinski definition) is 1. The zero-order valence-corrected chi connectivity index (χ0v) is 10.9. The molecule has 2 heterocycles. The van der Waals surface area contributed by atoms with E-state index in [1.165, 1.54) is 12.1 Å². The Bertz CT molecular complexity index is 514. The van der Waals surface area contributed by atoms with Crippen molar-refractivity contribution in [3.8, 4) is 0 Å². The number of piperidine rings is 1. The number of rotatable bonds is 2. The first-order chi connectivity index (χ1) is 9.43. The van der Waals surface area contributed by atoms with E-state index in [9.17, 15) is 18.0 Å². The number of fused-ring (bicyclic) bond motifs is 2. The van der Waals surface area contributed by atoms with Gasteiger partial charge in [-0.2, -0.15) is 13.2 Å². The molecule has 1 aromatic rings. The number of Topliss-reactive ketones (excluding diaryl/α,β-unsaturated/α-hetero) is 1. The van der Waals surface area contributed by atoms with Crippen molar-refractivity contribution in [2.45, 2.75) is 43.9 Å². The fourth-order valence-corrected chi connectivity index (χ4v) is 3.36. The predicted molar refractivity (Wildman–Crippen MR) is 68.4 cm³/mol. The summed E-state index contributed by atoms with van der Waals surface area (Å²) in [5, 5.41) is 3.43. The average molecular weight is 283 g/mol. The summed E-state index contributed by atoms with van der Waals surface area (Å²) in [5.41, 5.74) is -0.564. The Kier molecular flexibility index (Phi) is 3.32. The quantitative estimate of drug-likeness (QED) is 0.843. The minimum Gasteiger partial charge on any atom is -0.311 e. The Balaban J connectivity index is 1.80. The van der Waals surface area contributed by atoms with Gasteiger partial charge in [-0.1, -0.05) is 12.1 Å². The van der Waals surface area contributed by atoms with Crippen molar-refractivity contribution < 1.29 is 18.0 Å². The maximum Gasteiger partial charge on any atom is 0.416 e. The third kappa shape index (κ3) is 2.59. The standard InChI is InChI=1S/C15H16F3NO/c16-15(17,18)11-3-1-2-9(6-11)14(20)10-7-12-4-5-13(8-10)19-12/h1-3,6,10,12-13,19H,4-5,7-8H2. The van der Waals surface area contributed by atoms with Gasteiger partial charge in [0.2, 0.25) is 0 Å². The van der Waals surface area contributed by atoms with Crippen LogP contribution in [0.5, 0.6) is 0 Å². The van der Waals surface area contributed by atoms with Crippen LogP contribution in [0.25, 0.3) is 0 Å². The maximum atomic E-state index is 12.7. The van der Waals surface area contributed by atoms with E-state index >= 15 is 0 Å². The highest BCUT2D eigenvalue weighted by atomic mass is 19.4. The summed E-state index contributed by atoms with van der Waals surface area (Å²) < 4.78 is 38.1. The van der Waals surface area contributed by atoms with Crippen molar-refractivity contribution in [2.24, 2.45) is 5.92 Å². The molecule has 3 rings (SSSR count). The molecule has 2 nitrogen and oxygen atoms in total. The fraction of sp³-hybridized carbons (Fsp3) is 0.533. The highest BCUT2D eigenvalue weighted by Gasteiger charge is 2.37. The second-order valence-corrected chi connectivity index (χ2v) is 5.75. The monoisotopic (exact) mass is 283 g/mol. The lowest BCUT2D eigenvalue weighted by Gasteiger charge is -2.28. The van der Waals surface area contributed by atoms with Crippen LogP contribution >= 0.6 is 0 Å². The van der Waals surface area contributed by atoms with Crippen molar-refractivity contribution in [1.29, 1.82) is 0 Å². The molecule has 0 aromatic heterocycles. The summed E-state index contributed by atoms with van der Waals surface area (Å²) in [5.74, 6) is -0.285. The second kappa shape index (κ2) is 4.88. The van der Waals surface area contributed by atoms with Gasteiger partial charge in [-0.15, -0.1) is 0 Å². The van der Waals surface area contributed by atoms with Gasteiger partial charge in [0, 0.05) is 23.6 Å². The molecule has 0 spiro atoms. The molecule has 2 aliphatic rings. The van der Waals surface area contributed by atoms with E-state index in [1.807, 2.05) is 0 Å². The third-order valence-corrected chi connectivity index (χ3v) is 4.32. The van der Waals surface area contributed by atoms with Gasteiger partial charge in [0.25, 0.3) is 0 Å². The van der Waals surface area contributed by atoms with E-state index in [0.29, 0.717) is 12.1 Å². The lowest BCUT2D eigenvalue weighted by atomic mass is 9.85. The number of carbonyl (C=O) groups is 1. The van der Waals surface area contributed by atoms with Crippen molar-refractivity contribution >= 4 is 5.78 Å². The maximum absolute atomic E-state index is 12.7. The van der Waals surface area contributed by atoms with Crippen LogP contribution in [0.2, 0.25) is 0 Å². The largest absolute Gasteiger partial charge is 0.416 e. The molecule has 2 fully saturated rings. The Morgan fingerprint density at radius 1 is 1.15 bits per heavy atom. The number of halogens is 3. The van der Waals surface area contributed by atoms with Gasteiger partial charge in [0.15, 0.2) is 5.78 Å². The zero-order valence-electron chi connectivity index (χ0n) is 10.9. The normalized spacial score (nSPS) is 29.4. The van der Waals surface area contributed by atoms with E-state index in [0.717, 1.165) is 37.8 Å². The topological polar surface area (TPSA) is 29.1 Å². The summed E-state index contributed by atoms with van der Waals surface area (Å²) in [6.07, 6.45) is -0.783. The smallest absolute Gasteiger partial charge is 0.311 e. The first kappa shape index (κ1) is 13.6. The molecule has 0 saturated carbocycles. The molecule has 2 unspecified atom stereocenters. The minimum absolute atomic E-state index is 0.141. The fourth-order valence-electron chi connectivity index (χ4n) is 3.36. The first-order valence-electron chi connectivity index (χ1n) is 6.91. The predicted octanol–water partition coefficient (Wildman–Crippen LogP) is 3.42. The molecule has 1 N–H and O–H groups in total. The Morgan fingerprint density at radius 3 is 2.40 bits per heavy atom. The van der Waals surface area contributed by atoms with Gasteiger partial charge in [0.1, 0.15) is 0 Å². The lowest BCUT2D eigenvalue weighted by Crippen LogP contribution is -2.40. The average Bonchev–Trinajstić information content (AvgIpc) is 2.76. The minimum atomic E-state index is -4.40. The second-order valence-electron chi connectivity index (χ2n) is 5.75. The lowest BCUT2D eigenvalue weighted by molar-refractivity contribution is -0.137. The van der Waals surface area contributed by atoms with E-state index in [-0.39, 0.29) is 17.3 Å². The van der Waals surface area contributed by atoms with Gasteiger partial charge >= 0.3 is 6.18 Å². The molecule has 20 heavy (non-hydrogen) atoms. The van der Waals surface area contributed by atoms with Gasteiger partial charge in [-0.25, -0.2) is 0 Å². The van der Waals surface area contributed by atoms with Crippen LogP contribution in [0.4, 0.5) is 13.2 Å². The zero-order chi connectivity index (χ0) is 14.3. The van der Waals surface area contributed by atoms with Gasteiger partial charge in [0.05, 0.1) is 5.56 Å². The van der Waals surface area contributed by atoms with Gasteiger partial charge in [-0.05, 0) is 37.8 Å². The van der Waals surface area contributed by atoms with Crippen LogP contribution in [0.3, 0.4) is 0 Å². The molecule has 0 amide bonds. The molecular weight excluding hydrogens is 267 g/mol.